The van der Waals surface area contributed by atoms with E-state index in [0.29, 0.717) is 11.5 Å². The van der Waals surface area contributed by atoms with Gasteiger partial charge in [0.25, 0.3) is 0 Å². The molecule has 0 bridgehead atoms. The molecule has 1 unspecified atom stereocenters. The fraction of sp³-hybridized carbons (Fsp3) is 0.333. The monoisotopic (exact) mass is 525 g/mol. The minimum Gasteiger partial charge on any atom is -0.494 e. The molecule has 0 amide bonds. The average molecular weight is 526 g/mol. The first-order valence-corrected chi connectivity index (χ1v) is 13.8. The predicted molar refractivity (Wildman–Crippen MR) is 157 cm³/mol. The number of allylic oxidation sites excluding steroid dienone is 7. The van der Waals surface area contributed by atoms with Crippen molar-refractivity contribution in [3.05, 3.63) is 101 Å². The van der Waals surface area contributed by atoms with E-state index in [1.807, 2.05) is 36.5 Å². The molecule has 1 fully saturated rings. The number of anilines is 1. The number of aliphatic imine (C=N–C) groups is 1. The number of carbonyl (C=O) groups is 1. The first-order valence-electron chi connectivity index (χ1n) is 13.8. The topological polar surface area (TPSA) is 76.7 Å². The van der Waals surface area contributed by atoms with Crippen LogP contribution in [-0.4, -0.2) is 24.6 Å². The molecule has 3 N–H and O–H groups in total. The summed E-state index contributed by atoms with van der Waals surface area (Å²) in [6, 6.07) is 9.72. The molecule has 3 aliphatic rings. The Hall–Kier alpha value is -3.77. The van der Waals surface area contributed by atoms with E-state index < -0.39 is 0 Å². The summed E-state index contributed by atoms with van der Waals surface area (Å²) in [5, 5.41) is 3.55. The fourth-order valence-electron chi connectivity index (χ4n) is 5.77. The highest BCUT2D eigenvalue weighted by atomic mass is 19.1. The first kappa shape index (κ1) is 26.8. The van der Waals surface area contributed by atoms with Crippen LogP contribution in [0.2, 0.25) is 0 Å². The summed E-state index contributed by atoms with van der Waals surface area (Å²) in [7, 11) is 1.47. The molecular weight excluding hydrogens is 489 g/mol. The summed E-state index contributed by atoms with van der Waals surface area (Å²) in [6.07, 6.45) is 16.5. The Morgan fingerprint density at radius 1 is 1.26 bits per heavy atom. The highest BCUT2D eigenvalue weighted by molar-refractivity contribution is 6.14. The highest BCUT2D eigenvalue weighted by Gasteiger charge is 2.29. The molecule has 2 aliphatic carbocycles. The molecule has 2 aromatic carbocycles. The largest absolute Gasteiger partial charge is 0.494 e. The molecule has 0 saturated heterocycles. The molecule has 1 saturated carbocycles. The lowest BCUT2D eigenvalue weighted by molar-refractivity contribution is 0.104. The van der Waals surface area contributed by atoms with Gasteiger partial charge in [0.15, 0.2) is 17.3 Å². The molecule has 1 heterocycles. The number of nitrogens with zero attached hydrogens (tertiary/aromatic N) is 1. The first-order chi connectivity index (χ1) is 18.9. The van der Waals surface area contributed by atoms with E-state index in [4.69, 9.17) is 15.5 Å². The molecule has 3 atom stereocenters. The van der Waals surface area contributed by atoms with Crippen molar-refractivity contribution in [2.75, 3.05) is 12.4 Å². The minimum atomic E-state index is -0.348. The van der Waals surface area contributed by atoms with Crippen molar-refractivity contribution >= 4 is 22.8 Å². The lowest BCUT2D eigenvalue weighted by Crippen LogP contribution is -2.18. The van der Waals surface area contributed by atoms with Crippen LogP contribution in [0.3, 0.4) is 0 Å². The molecular formula is C33H36FN3O2. The van der Waals surface area contributed by atoms with Gasteiger partial charge in [-0.15, -0.1) is 0 Å². The van der Waals surface area contributed by atoms with Crippen molar-refractivity contribution in [1.29, 1.82) is 0 Å². The van der Waals surface area contributed by atoms with E-state index in [-0.39, 0.29) is 29.3 Å². The summed E-state index contributed by atoms with van der Waals surface area (Å²) >= 11 is 0. The number of ether oxygens (including phenoxy) is 1. The number of benzene rings is 2. The third kappa shape index (κ3) is 5.52. The second kappa shape index (κ2) is 11.5. The van der Waals surface area contributed by atoms with Crippen LogP contribution in [0.15, 0.2) is 77.6 Å². The van der Waals surface area contributed by atoms with Gasteiger partial charge < -0.3 is 15.8 Å². The predicted octanol–water partition coefficient (Wildman–Crippen LogP) is 6.94. The van der Waals surface area contributed by atoms with Gasteiger partial charge in [0.2, 0.25) is 0 Å². The Kier molecular flexibility index (Phi) is 7.94. The number of nitrogens with two attached hydrogens (primary N) is 1. The Bertz CT molecular complexity index is 1430. The quantitative estimate of drug-likeness (QED) is 0.222. The maximum Gasteiger partial charge on any atom is 0.185 e. The van der Waals surface area contributed by atoms with E-state index in [1.54, 1.807) is 19.1 Å². The second-order valence-electron chi connectivity index (χ2n) is 10.5. The number of rotatable bonds is 8. The summed E-state index contributed by atoms with van der Waals surface area (Å²) in [4.78, 5) is 17.8. The zero-order valence-electron chi connectivity index (χ0n) is 22.8. The zero-order valence-corrected chi connectivity index (χ0v) is 22.8. The summed E-state index contributed by atoms with van der Waals surface area (Å²) in [6.45, 7) is 3.84. The lowest BCUT2D eigenvalue weighted by Gasteiger charge is -2.19. The van der Waals surface area contributed by atoms with Crippen molar-refractivity contribution < 1.29 is 13.9 Å². The number of fused-ring (bicyclic) bond motifs is 1. The summed E-state index contributed by atoms with van der Waals surface area (Å²) < 4.78 is 20.0. The van der Waals surface area contributed by atoms with Gasteiger partial charge in [-0.25, -0.2) is 4.39 Å². The van der Waals surface area contributed by atoms with Crippen molar-refractivity contribution in [2.45, 2.75) is 52.0 Å². The van der Waals surface area contributed by atoms with Gasteiger partial charge in [-0.05, 0) is 97.6 Å². The van der Waals surface area contributed by atoms with Crippen LogP contribution in [0.4, 0.5) is 10.1 Å². The maximum absolute atomic E-state index is 14.8. The fourth-order valence-corrected chi connectivity index (χ4v) is 5.77. The molecule has 0 aromatic heterocycles. The minimum absolute atomic E-state index is 0.0351. The van der Waals surface area contributed by atoms with Gasteiger partial charge in [0.05, 0.1) is 18.5 Å². The maximum atomic E-state index is 14.8. The summed E-state index contributed by atoms with van der Waals surface area (Å²) in [5.74, 6) is 0.231. The van der Waals surface area contributed by atoms with E-state index >= 15 is 0 Å². The Balaban J connectivity index is 1.33. The van der Waals surface area contributed by atoms with Crippen LogP contribution in [0.5, 0.6) is 5.75 Å². The Morgan fingerprint density at radius 2 is 2.10 bits per heavy atom. The molecule has 1 aliphatic heterocycles. The molecule has 202 valence electrons. The van der Waals surface area contributed by atoms with Crippen LogP contribution < -0.4 is 15.8 Å². The number of nitrogens with one attached hydrogen (secondary N) is 1. The standard InChI is InChI=1S/C33H36FN3O2/c1-4-22-18-24(12-13-26(22)30(38)15-10-21-9-11-23(35)17-21)37-29-8-6-5-7-27-28(19-36-33(27)29)25-14-16-31(39-3)32(34)20(25)2/h5,7-8,10,12-16,18-19,21,23,27,37H,4,6,9,11,17,35H2,1-3H3/b15-10+/t21-,23+,27?/m1/s1. The third-order valence-electron chi connectivity index (χ3n) is 7.98. The van der Waals surface area contributed by atoms with Crippen LogP contribution in [0.1, 0.15) is 59.7 Å². The lowest BCUT2D eigenvalue weighted by atomic mass is 9.87. The van der Waals surface area contributed by atoms with Crippen molar-refractivity contribution in [3.8, 4) is 5.75 Å². The van der Waals surface area contributed by atoms with Crippen molar-refractivity contribution in [3.63, 3.8) is 0 Å². The van der Waals surface area contributed by atoms with Gasteiger partial charge in [-0.2, -0.15) is 0 Å². The molecule has 2 aromatic rings. The third-order valence-corrected chi connectivity index (χ3v) is 7.98. The number of carbonyl (C=O) groups excluding carboxylic acids is 1. The van der Waals surface area contributed by atoms with Gasteiger partial charge in [-0.3, -0.25) is 9.79 Å². The van der Waals surface area contributed by atoms with E-state index in [0.717, 1.165) is 71.5 Å². The average Bonchev–Trinajstić information content (AvgIpc) is 3.50. The number of ketones is 1. The number of hydrogen-bond donors (Lipinski definition) is 2. The summed E-state index contributed by atoms with van der Waals surface area (Å²) in [5.41, 5.74) is 12.8. The highest BCUT2D eigenvalue weighted by Crippen LogP contribution is 2.38. The Labute approximate surface area is 230 Å². The van der Waals surface area contributed by atoms with Crippen LogP contribution in [0, 0.1) is 24.6 Å². The number of aryl methyl sites for hydroxylation is 1. The second-order valence-corrected chi connectivity index (χ2v) is 10.5. The van der Waals surface area contributed by atoms with E-state index in [9.17, 15) is 9.18 Å². The normalized spacial score (nSPS) is 22.3. The van der Waals surface area contributed by atoms with E-state index in [1.165, 1.54) is 7.11 Å². The van der Waals surface area contributed by atoms with E-state index in [2.05, 4.69) is 30.5 Å². The van der Waals surface area contributed by atoms with Gasteiger partial charge >= 0.3 is 0 Å². The van der Waals surface area contributed by atoms with Crippen molar-refractivity contribution in [2.24, 2.45) is 22.6 Å². The van der Waals surface area contributed by atoms with Gasteiger partial charge in [-0.1, -0.05) is 37.3 Å². The zero-order chi connectivity index (χ0) is 27.5. The Morgan fingerprint density at radius 3 is 2.85 bits per heavy atom. The number of hydrogen-bond acceptors (Lipinski definition) is 5. The van der Waals surface area contributed by atoms with Crippen molar-refractivity contribution in [1.82, 2.24) is 0 Å². The molecule has 6 heteroatoms. The van der Waals surface area contributed by atoms with Crippen LogP contribution in [-0.2, 0) is 6.42 Å². The SMILES string of the molecule is CCc1cc(NC2=CCC=CC3C(c4ccc(OC)c(F)c4C)=CN=C23)ccc1C(=O)/C=C/[C@H]1CC[C@H](N)C1. The van der Waals surface area contributed by atoms with Crippen LogP contribution >= 0.6 is 0 Å². The molecule has 0 radical (unpaired) electrons. The smallest absolute Gasteiger partial charge is 0.185 e. The molecule has 0 spiro atoms. The van der Waals surface area contributed by atoms with Crippen LogP contribution in [0.25, 0.3) is 5.57 Å². The molecule has 5 rings (SSSR count). The molecule has 5 nitrogen and oxygen atoms in total. The molecule has 39 heavy (non-hydrogen) atoms. The van der Waals surface area contributed by atoms with Gasteiger partial charge in [0, 0.05) is 29.4 Å². The number of methoxy groups -OCH3 is 1. The number of halogens is 1. The van der Waals surface area contributed by atoms with Gasteiger partial charge in [0.1, 0.15) is 0 Å².